The minimum atomic E-state index is -3.18. The fourth-order valence-corrected chi connectivity index (χ4v) is 3.81. The highest BCUT2D eigenvalue weighted by Gasteiger charge is 2.23. The van der Waals surface area contributed by atoms with Crippen molar-refractivity contribution >= 4 is 21.4 Å². The van der Waals surface area contributed by atoms with E-state index < -0.39 is 15.6 Å². The van der Waals surface area contributed by atoms with Crippen molar-refractivity contribution in [3.05, 3.63) is 22.4 Å². The van der Waals surface area contributed by atoms with E-state index in [0.717, 1.165) is 6.42 Å². The van der Waals surface area contributed by atoms with Crippen LogP contribution < -0.4 is 10.0 Å². The maximum absolute atomic E-state index is 11.3. The zero-order valence-electron chi connectivity index (χ0n) is 11.4. The van der Waals surface area contributed by atoms with E-state index in [0.29, 0.717) is 6.54 Å². The summed E-state index contributed by atoms with van der Waals surface area (Å²) < 4.78 is 25.1. The lowest BCUT2D eigenvalue weighted by atomic mass is 10.1. The summed E-state index contributed by atoms with van der Waals surface area (Å²) in [5.74, 6) is 0. The van der Waals surface area contributed by atoms with Gasteiger partial charge in [-0.15, -0.1) is 11.3 Å². The average Bonchev–Trinajstić information content (AvgIpc) is 2.68. The third-order valence-corrected chi connectivity index (χ3v) is 4.46. The minimum Gasteiger partial charge on any atom is -0.307 e. The van der Waals surface area contributed by atoms with Gasteiger partial charge in [0.05, 0.1) is 6.26 Å². The van der Waals surface area contributed by atoms with Crippen molar-refractivity contribution < 1.29 is 8.42 Å². The van der Waals surface area contributed by atoms with Crippen molar-refractivity contribution in [1.29, 1.82) is 0 Å². The first-order valence-electron chi connectivity index (χ1n) is 5.99. The second-order valence-corrected chi connectivity index (χ2v) is 7.84. The van der Waals surface area contributed by atoms with Crippen molar-refractivity contribution in [3.63, 3.8) is 0 Å². The van der Waals surface area contributed by atoms with Crippen LogP contribution in [0.15, 0.2) is 17.5 Å². The molecule has 1 heterocycles. The lowest BCUT2D eigenvalue weighted by Crippen LogP contribution is -2.50. The SMILES string of the molecule is CCC(NCC(C)(C)NS(C)(=O)=O)c1cccs1. The van der Waals surface area contributed by atoms with E-state index in [1.807, 2.05) is 19.9 Å². The Balaban J connectivity index is 2.58. The topological polar surface area (TPSA) is 58.2 Å². The fraction of sp³-hybridized carbons (Fsp3) is 0.667. The van der Waals surface area contributed by atoms with Gasteiger partial charge in [-0.2, -0.15) is 0 Å². The van der Waals surface area contributed by atoms with Crippen molar-refractivity contribution in [2.24, 2.45) is 0 Å². The fourth-order valence-electron chi connectivity index (χ4n) is 1.85. The van der Waals surface area contributed by atoms with Crippen LogP contribution >= 0.6 is 11.3 Å². The summed E-state index contributed by atoms with van der Waals surface area (Å²) in [5.41, 5.74) is -0.488. The van der Waals surface area contributed by atoms with Crippen LogP contribution in [0, 0.1) is 0 Å². The van der Waals surface area contributed by atoms with Crippen LogP contribution in [0.25, 0.3) is 0 Å². The number of sulfonamides is 1. The average molecular weight is 290 g/mol. The number of nitrogens with one attached hydrogen (secondary N) is 2. The summed E-state index contributed by atoms with van der Waals surface area (Å²) in [6, 6.07) is 4.42. The van der Waals surface area contributed by atoms with Gasteiger partial charge in [-0.3, -0.25) is 0 Å². The first kappa shape index (κ1) is 15.6. The number of hydrogen-bond donors (Lipinski definition) is 2. The highest BCUT2D eigenvalue weighted by molar-refractivity contribution is 7.88. The molecule has 0 aromatic carbocycles. The number of hydrogen-bond acceptors (Lipinski definition) is 4. The van der Waals surface area contributed by atoms with Crippen LogP contribution in [0.4, 0.5) is 0 Å². The first-order valence-corrected chi connectivity index (χ1v) is 8.76. The molecule has 1 atom stereocenters. The van der Waals surface area contributed by atoms with Crippen molar-refractivity contribution in [1.82, 2.24) is 10.0 Å². The second kappa shape index (κ2) is 6.14. The summed E-state index contributed by atoms with van der Waals surface area (Å²) in [7, 11) is -3.18. The van der Waals surface area contributed by atoms with Gasteiger partial charge in [-0.05, 0) is 31.7 Å². The predicted octanol–water partition coefficient (Wildman–Crippen LogP) is 2.12. The minimum absolute atomic E-state index is 0.283. The Kier molecular flexibility index (Phi) is 5.33. The third kappa shape index (κ3) is 5.48. The lowest BCUT2D eigenvalue weighted by molar-refractivity contribution is 0.388. The Hall–Kier alpha value is -0.430. The van der Waals surface area contributed by atoms with Crippen molar-refractivity contribution in [2.75, 3.05) is 12.8 Å². The van der Waals surface area contributed by atoms with Gasteiger partial charge in [0.1, 0.15) is 0 Å². The molecule has 1 aromatic heterocycles. The molecule has 2 N–H and O–H groups in total. The molecule has 0 fully saturated rings. The smallest absolute Gasteiger partial charge is 0.209 e. The normalized spacial score (nSPS) is 14.7. The highest BCUT2D eigenvalue weighted by Crippen LogP contribution is 2.22. The summed E-state index contributed by atoms with van der Waals surface area (Å²) in [6.07, 6.45) is 2.17. The van der Waals surface area contributed by atoms with Gasteiger partial charge in [-0.1, -0.05) is 13.0 Å². The molecule has 104 valence electrons. The van der Waals surface area contributed by atoms with Crippen LogP contribution in [-0.2, 0) is 10.0 Å². The molecular formula is C12H22N2O2S2. The number of rotatable bonds is 7. The summed E-state index contributed by atoms with van der Waals surface area (Å²) >= 11 is 1.72. The third-order valence-electron chi connectivity index (χ3n) is 2.55. The maximum Gasteiger partial charge on any atom is 0.209 e. The van der Waals surface area contributed by atoms with E-state index in [-0.39, 0.29) is 6.04 Å². The summed E-state index contributed by atoms with van der Waals surface area (Å²) in [5, 5.41) is 5.47. The van der Waals surface area contributed by atoms with Crippen LogP contribution in [0.1, 0.15) is 38.1 Å². The molecule has 0 saturated carbocycles. The van der Waals surface area contributed by atoms with Crippen LogP contribution in [-0.4, -0.2) is 26.8 Å². The Labute approximate surface area is 114 Å². The summed E-state index contributed by atoms with van der Waals surface area (Å²) in [4.78, 5) is 1.28. The first-order chi connectivity index (χ1) is 8.23. The Morgan fingerprint density at radius 3 is 2.56 bits per heavy atom. The monoisotopic (exact) mass is 290 g/mol. The van der Waals surface area contributed by atoms with E-state index >= 15 is 0 Å². The van der Waals surface area contributed by atoms with Crippen LogP contribution in [0.5, 0.6) is 0 Å². The zero-order chi connectivity index (χ0) is 13.8. The molecule has 0 aliphatic heterocycles. The van der Waals surface area contributed by atoms with Crippen molar-refractivity contribution in [3.8, 4) is 0 Å². The molecule has 0 aliphatic carbocycles. The molecular weight excluding hydrogens is 268 g/mol. The largest absolute Gasteiger partial charge is 0.307 e. The van der Waals surface area contributed by atoms with Gasteiger partial charge in [0, 0.05) is 23.0 Å². The molecule has 0 aliphatic rings. The van der Waals surface area contributed by atoms with E-state index in [1.165, 1.54) is 11.1 Å². The van der Waals surface area contributed by atoms with E-state index in [2.05, 4.69) is 28.4 Å². The van der Waals surface area contributed by atoms with Crippen LogP contribution in [0.3, 0.4) is 0 Å². The van der Waals surface area contributed by atoms with E-state index in [1.54, 1.807) is 11.3 Å². The molecule has 1 rings (SSSR count). The van der Waals surface area contributed by atoms with Gasteiger partial charge in [0.25, 0.3) is 0 Å². The predicted molar refractivity (Wildman–Crippen MR) is 77.4 cm³/mol. The standard InChI is InChI=1S/C12H22N2O2S2/c1-5-10(11-7-6-8-17-11)13-9-12(2,3)14-18(4,15)16/h6-8,10,13-14H,5,9H2,1-4H3. The van der Waals surface area contributed by atoms with Gasteiger partial charge in [0.15, 0.2) is 0 Å². The van der Waals surface area contributed by atoms with Gasteiger partial charge < -0.3 is 5.32 Å². The second-order valence-electron chi connectivity index (χ2n) is 5.12. The molecule has 4 nitrogen and oxygen atoms in total. The Morgan fingerprint density at radius 2 is 2.11 bits per heavy atom. The highest BCUT2D eigenvalue weighted by atomic mass is 32.2. The molecule has 6 heteroatoms. The molecule has 0 radical (unpaired) electrons. The molecule has 1 aromatic rings. The zero-order valence-corrected chi connectivity index (χ0v) is 13.0. The quantitative estimate of drug-likeness (QED) is 0.808. The summed E-state index contributed by atoms with van der Waals surface area (Å²) in [6.45, 7) is 6.47. The molecule has 0 amide bonds. The lowest BCUT2D eigenvalue weighted by Gasteiger charge is -2.28. The molecule has 1 unspecified atom stereocenters. The Bertz CT molecular complexity index is 452. The van der Waals surface area contributed by atoms with Gasteiger partial charge >= 0.3 is 0 Å². The number of thiophene rings is 1. The van der Waals surface area contributed by atoms with Crippen molar-refractivity contribution in [2.45, 2.75) is 38.8 Å². The molecule has 0 spiro atoms. The molecule has 18 heavy (non-hydrogen) atoms. The molecule has 0 saturated heterocycles. The Morgan fingerprint density at radius 1 is 1.44 bits per heavy atom. The van der Waals surface area contributed by atoms with Crippen LogP contribution in [0.2, 0.25) is 0 Å². The van der Waals surface area contributed by atoms with E-state index in [4.69, 9.17) is 0 Å². The van der Waals surface area contributed by atoms with Gasteiger partial charge in [-0.25, -0.2) is 13.1 Å². The maximum atomic E-state index is 11.3. The molecule has 0 bridgehead atoms. The van der Waals surface area contributed by atoms with Gasteiger partial charge in [0.2, 0.25) is 10.0 Å². The van der Waals surface area contributed by atoms with E-state index in [9.17, 15) is 8.42 Å².